The Morgan fingerprint density at radius 3 is 2.83 bits per heavy atom. The van der Waals surface area contributed by atoms with Crippen molar-refractivity contribution in [1.29, 1.82) is 0 Å². The Hall–Kier alpha value is -2.04. The van der Waals surface area contributed by atoms with Gasteiger partial charge in [0, 0.05) is 19.0 Å². The van der Waals surface area contributed by atoms with Crippen LogP contribution in [0.3, 0.4) is 0 Å². The van der Waals surface area contributed by atoms with E-state index in [9.17, 15) is 9.59 Å². The lowest BCUT2D eigenvalue weighted by atomic mass is 9.98. The number of hydrogen-bond donors (Lipinski definition) is 1. The number of amides is 1. The first kappa shape index (κ1) is 17.3. The molecule has 1 unspecified atom stereocenters. The first-order valence-corrected chi connectivity index (χ1v) is 8.33. The number of carbonyl (C=O) groups excluding carboxylic acids is 1. The number of carbonyl (C=O) groups is 2. The van der Waals surface area contributed by atoms with Crippen LogP contribution in [0.1, 0.15) is 44.6 Å². The van der Waals surface area contributed by atoms with Gasteiger partial charge in [0.2, 0.25) is 0 Å². The SMILES string of the molecule is CCc1ccccc1OCC(=O)N1CCCCC1CCC(=O)O. The van der Waals surface area contributed by atoms with E-state index in [0.717, 1.165) is 37.0 Å². The molecule has 1 aromatic carbocycles. The number of carboxylic acids is 1. The van der Waals surface area contributed by atoms with Gasteiger partial charge in [-0.15, -0.1) is 0 Å². The third-order valence-electron chi connectivity index (χ3n) is 4.34. The van der Waals surface area contributed by atoms with Gasteiger partial charge in [-0.2, -0.15) is 0 Å². The topological polar surface area (TPSA) is 66.8 Å². The third-order valence-corrected chi connectivity index (χ3v) is 4.34. The smallest absolute Gasteiger partial charge is 0.303 e. The molecule has 1 saturated heterocycles. The maximum Gasteiger partial charge on any atom is 0.303 e. The Morgan fingerprint density at radius 1 is 1.30 bits per heavy atom. The molecule has 0 radical (unpaired) electrons. The van der Waals surface area contributed by atoms with Crippen molar-refractivity contribution in [2.45, 2.75) is 51.5 Å². The predicted octanol–water partition coefficient (Wildman–Crippen LogP) is 2.87. The van der Waals surface area contributed by atoms with Crippen LogP contribution in [0.2, 0.25) is 0 Å². The van der Waals surface area contributed by atoms with Gasteiger partial charge in [-0.3, -0.25) is 9.59 Å². The molecule has 1 atom stereocenters. The summed E-state index contributed by atoms with van der Waals surface area (Å²) in [7, 11) is 0. The normalized spacial score (nSPS) is 17.8. The van der Waals surface area contributed by atoms with Gasteiger partial charge in [0.15, 0.2) is 6.61 Å². The van der Waals surface area contributed by atoms with E-state index >= 15 is 0 Å². The van der Waals surface area contributed by atoms with Gasteiger partial charge in [-0.1, -0.05) is 25.1 Å². The molecule has 2 rings (SSSR count). The second-order valence-electron chi connectivity index (χ2n) is 5.92. The van der Waals surface area contributed by atoms with Crippen molar-refractivity contribution in [1.82, 2.24) is 4.90 Å². The minimum atomic E-state index is -0.809. The summed E-state index contributed by atoms with van der Waals surface area (Å²) < 4.78 is 5.71. The summed E-state index contributed by atoms with van der Waals surface area (Å²) in [5.74, 6) is -0.107. The zero-order chi connectivity index (χ0) is 16.7. The van der Waals surface area contributed by atoms with Crippen LogP contribution < -0.4 is 4.74 Å². The monoisotopic (exact) mass is 319 g/mol. The molecular weight excluding hydrogens is 294 g/mol. The van der Waals surface area contributed by atoms with Gasteiger partial charge in [-0.25, -0.2) is 0 Å². The molecule has 1 aliphatic rings. The van der Waals surface area contributed by atoms with Crippen molar-refractivity contribution >= 4 is 11.9 Å². The fourth-order valence-electron chi connectivity index (χ4n) is 3.08. The van der Waals surface area contributed by atoms with E-state index in [1.54, 1.807) is 4.90 Å². The number of aliphatic carboxylic acids is 1. The zero-order valence-corrected chi connectivity index (χ0v) is 13.7. The lowest BCUT2D eigenvalue weighted by molar-refractivity contribution is -0.141. The van der Waals surface area contributed by atoms with Crippen LogP contribution in [0.25, 0.3) is 0 Å². The summed E-state index contributed by atoms with van der Waals surface area (Å²) in [5.41, 5.74) is 1.08. The van der Waals surface area contributed by atoms with E-state index in [4.69, 9.17) is 9.84 Å². The van der Waals surface area contributed by atoms with Crippen LogP contribution >= 0.6 is 0 Å². The van der Waals surface area contributed by atoms with Crippen LogP contribution in [-0.2, 0) is 16.0 Å². The second kappa shape index (κ2) is 8.56. The number of carboxylic acid groups (broad SMARTS) is 1. The first-order chi connectivity index (χ1) is 11.1. The quantitative estimate of drug-likeness (QED) is 0.839. The number of hydrogen-bond acceptors (Lipinski definition) is 3. The molecule has 1 amide bonds. The van der Waals surface area contributed by atoms with E-state index in [0.29, 0.717) is 13.0 Å². The molecule has 5 nitrogen and oxygen atoms in total. The number of piperidine rings is 1. The van der Waals surface area contributed by atoms with Crippen LogP contribution in [0, 0.1) is 0 Å². The average molecular weight is 319 g/mol. The van der Waals surface area contributed by atoms with E-state index in [1.807, 2.05) is 24.3 Å². The molecular formula is C18H25NO4. The highest BCUT2D eigenvalue weighted by Crippen LogP contribution is 2.22. The largest absolute Gasteiger partial charge is 0.483 e. The van der Waals surface area contributed by atoms with Crippen LogP contribution in [0.4, 0.5) is 0 Å². The Balaban J connectivity index is 1.93. The third kappa shape index (κ3) is 4.98. The number of likely N-dealkylation sites (tertiary alicyclic amines) is 1. The molecule has 1 N–H and O–H groups in total. The second-order valence-corrected chi connectivity index (χ2v) is 5.92. The number of rotatable bonds is 7. The number of aryl methyl sites for hydroxylation is 1. The molecule has 1 heterocycles. The van der Waals surface area contributed by atoms with Crippen molar-refractivity contribution in [2.24, 2.45) is 0 Å². The van der Waals surface area contributed by atoms with Gasteiger partial charge in [-0.05, 0) is 43.7 Å². The van der Waals surface area contributed by atoms with Crippen molar-refractivity contribution in [3.63, 3.8) is 0 Å². The number of nitrogens with zero attached hydrogens (tertiary/aromatic N) is 1. The number of ether oxygens (including phenoxy) is 1. The maximum absolute atomic E-state index is 12.5. The van der Waals surface area contributed by atoms with E-state index in [1.165, 1.54) is 0 Å². The summed E-state index contributed by atoms with van der Waals surface area (Å²) in [6.07, 6.45) is 4.38. The zero-order valence-electron chi connectivity index (χ0n) is 13.7. The van der Waals surface area contributed by atoms with Crippen molar-refractivity contribution in [3.05, 3.63) is 29.8 Å². The fraction of sp³-hybridized carbons (Fsp3) is 0.556. The molecule has 0 spiro atoms. The van der Waals surface area contributed by atoms with Gasteiger partial charge in [0.05, 0.1) is 0 Å². The maximum atomic E-state index is 12.5. The molecule has 0 bridgehead atoms. The Labute approximate surface area is 137 Å². The minimum absolute atomic E-state index is 0.0145. The molecule has 0 aliphatic carbocycles. The van der Waals surface area contributed by atoms with Crippen LogP contribution in [0.5, 0.6) is 5.75 Å². The lowest BCUT2D eigenvalue weighted by Gasteiger charge is -2.35. The molecule has 5 heteroatoms. The highest BCUT2D eigenvalue weighted by molar-refractivity contribution is 5.78. The van der Waals surface area contributed by atoms with Crippen LogP contribution in [-0.4, -0.2) is 41.1 Å². The summed E-state index contributed by atoms with van der Waals surface area (Å²) in [4.78, 5) is 25.1. The van der Waals surface area contributed by atoms with E-state index < -0.39 is 5.97 Å². The summed E-state index contributed by atoms with van der Waals surface area (Å²) in [6, 6.07) is 7.76. The number of para-hydroxylation sites is 1. The lowest BCUT2D eigenvalue weighted by Crippen LogP contribution is -2.46. The highest BCUT2D eigenvalue weighted by atomic mass is 16.5. The molecule has 0 aromatic heterocycles. The van der Waals surface area contributed by atoms with Gasteiger partial charge in [0.25, 0.3) is 5.91 Å². The van der Waals surface area contributed by atoms with E-state index in [-0.39, 0.29) is 25.0 Å². The minimum Gasteiger partial charge on any atom is -0.483 e. The van der Waals surface area contributed by atoms with Crippen molar-refractivity contribution in [2.75, 3.05) is 13.2 Å². The Kier molecular flexibility index (Phi) is 6.44. The van der Waals surface area contributed by atoms with Crippen molar-refractivity contribution in [3.8, 4) is 5.75 Å². The summed E-state index contributed by atoms with van der Waals surface area (Å²) in [6.45, 7) is 2.76. The molecule has 0 saturated carbocycles. The highest BCUT2D eigenvalue weighted by Gasteiger charge is 2.27. The van der Waals surface area contributed by atoms with Crippen LogP contribution in [0.15, 0.2) is 24.3 Å². The summed E-state index contributed by atoms with van der Waals surface area (Å²) >= 11 is 0. The average Bonchev–Trinajstić information content (AvgIpc) is 2.58. The first-order valence-electron chi connectivity index (χ1n) is 8.33. The standard InChI is InChI=1S/C18H25NO4/c1-2-14-7-3-4-9-16(14)23-13-17(20)19-12-6-5-8-15(19)10-11-18(21)22/h3-4,7,9,15H,2,5-6,8,10-13H2,1H3,(H,21,22). The van der Waals surface area contributed by atoms with Gasteiger partial charge >= 0.3 is 5.97 Å². The summed E-state index contributed by atoms with van der Waals surface area (Å²) in [5, 5.41) is 8.85. The predicted molar refractivity (Wildman–Crippen MR) is 87.5 cm³/mol. The molecule has 1 aliphatic heterocycles. The number of benzene rings is 1. The Bertz CT molecular complexity index is 544. The molecule has 1 aromatic rings. The van der Waals surface area contributed by atoms with E-state index in [2.05, 4.69) is 6.92 Å². The van der Waals surface area contributed by atoms with Gasteiger partial charge < -0.3 is 14.7 Å². The molecule has 1 fully saturated rings. The fourth-order valence-corrected chi connectivity index (χ4v) is 3.08. The van der Waals surface area contributed by atoms with Crippen molar-refractivity contribution < 1.29 is 19.4 Å². The molecule has 126 valence electrons. The van der Waals surface area contributed by atoms with Gasteiger partial charge in [0.1, 0.15) is 5.75 Å². The molecule has 23 heavy (non-hydrogen) atoms. The Morgan fingerprint density at radius 2 is 2.09 bits per heavy atom.